The molecule has 6 nitrogen and oxygen atoms in total. The van der Waals surface area contributed by atoms with Crippen LogP contribution in [0.4, 0.5) is 11.4 Å². The number of rotatable bonds is 4. The van der Waals surface area contributed by atoms with Crippen molar-refractivity contribution < 1.29 is 25.5 Å². The van der Waals surface area contributed by atoms with Crippen molar-refractivity contribution in [1.29, 1.82) is 0 Å². The fourth-order valence-electron chi connectivity index (χ4n) is 15.5. The van der Waals surface area contributed by atoms with Crippen LogP contribution in [0.5, 0.6) is 28.7 Å². The van der Waals surface area contributed by atoms with Gasteiger partial charge in [-0.25, -0.2) is 0 Å². The lowest BCUT2D eigenvalue weighted by Gasteiger charge is -2.41. The van der Waals surface area contributed by atoms with Gasteiger partial charge in [-0.3, -0.25) is 0 Å². The lowest BCUT2D eigenvalue weighted by Crippen LogP contribution is -2.33. The Morgan fingerprint density at radius 3 is 1.16 bits per heavy atom. The van der Waals surface area contributed by atoms with Gasteiger partial charge >= 0.3 is 0 Å². The van der Waals surface area contributed by atoms with Crippen LogP contribution in [0.1, 0.15) is 311 Å². The normalized spacial score (nSPS) is 16.9. The Morgan fingerprint density at radius 2 is 0.725 bits per heavy atom. The lowest BCUT2D eigenvalue weighted by atomic mass is 9.63. The fraction of sp³-hybridized carbons (Fsp3) is 0.506. The first-order chi connectivity index (χ1) is 41.3. The van der Waals surface area contributed by atoms with Crippen molar-refractivity contribution in [3.63, 3.8) is 0 Å². The number of hydrogen-bond acceptors (Lipinski definition) is 6. The predicted molar refractivity (Wildman–Crippen MR) is 384 cm³/mol. The first-order valence-electron chi connectivity index (χ1n) is 33.7. The molecule has 6 heteroatoms. The second-order valence-corrected chi connectivity index (χ2v) is 37.0. The van der Waals surface area contributed by atoms with E-state index in [1.54, 1.807) is 0 Å². The van der Waals surface area contributed by atoms with Crippen molar-refractivity contribution >= 4 is 11.4 Å². The zero-order valence-electron chi connectivity index (χ0n) is 61.0. The SMILES string of the molecule is CC(C)(C)c1cc(Cc2cc(Cc3cc(C(C)(C)C)c(O)c(C(C)(C)C)c3)c3c(c2)Cc2cc(C(C)(C)C)c(O)c(c2)C(C)(C)C2c4ccc(c(c4)Cc4cc(C(C)(C)C)c(O)c(c4)C(C)(C)CC(C)(C)c4cc2cc(C(C)(C)C)c4O)N3)cc(C(C)(C)C)c1O. The molecule has 1 atom stereocenters. The fourth-order valence-corrected chi connectivity index (χ4v) is 15.5. The van der Waals surface area contributed by atoms with Crippen LogP contribution in [0.2, 0.25) is 0 Å². The van der Waals surface area contributed by atoms with E-state index in [2.05, 4.69) is 283 Å². The number of hydrogen-bond donors (Lipinski definition) is 6. The standard InChI is InChI=1S/C85H113NO5/c1-76(2,3)58-36-49(37-59(71(58)87)77(4,5)6)30-48-32-56(34-51-39-60(78(7,8)9)72(88)61(40-51)79(10,11)12)70-57(33-48)35-52-41-63(81(16,17)18)75(91)67(43-52)85(26,27)69-53-28-29-68(86-70)54(44-53)31-50-38-62(80(13,14)15)73(89)65(42-50)83(22,23)47-84(24,25)66-46-55(69)45-64(74(66)90)82(19,20)21/h28-29,32-33,36-46,69,86-91H,30-31,34-35,47H2,1-27H3. The van der Waals surface area contributed by atoms with Crippen molar-refractivity contribution in [1.82, 2.24) is 0 Å². The van der Waals surface area contributed by atoms with Gasteiger partial charge in [-0.1, -0.05) is 272 Å². The number of anilines is 2. The molecule has 0 aromatic heterocycles. The van der Waals surface area contributed by atoms with E-state index in [0.717, 1.165) is 123 Å². The van der Waals surface area contributed by atoms with Crippen LogP contribution < -0.4 is 5.32 Å². The lowest BCUT2D eigenvalue weighted by molar-refractivity contribution is 0.322. The van der Waals surface area contributed by atoms with Gasteiger partial charge in [0, 0.05) is 39.4 Å². The minimum Gasteiger partial charge on any atom is -0.507 e. The highest BCUT2D eigenvalue weighted by Crippen LogP contribution is 2.55. The van der Waals surface area contributed by atoms with Crippen LogP contribution in [0.15, 0.2) is 91.0 Å². The summed E-state index contributed by atoms with van der Waals surface area (Å²) in [5, 5.41) is 67.4. The van der Waals surface area contributed by atoms with E-state index >= 15 is 0 Å². The molecule has 1 unspecified atom stereocenters. The Kier molecular flexibility index (Phi) is 17.0. The molecule has 3 aliphatic rings. The van der Waals surface area contributed by atoms with E-state index in [0.29, 0.717) is 60.9 Å². The first kappa shape index (κ1) is 68.7. The average molecular weight is 1230 g/mol. The summed E-state index contributed by atoms with van der Waals surface area (Å²) in [6.07, 6.45) is 2.89. The number of phenols is 5. The van der Waals surface area contributed by atoms with E-state index < -0.39 is 32.5 Å². The van der Waals surface area contributed by atoms with E-state index in [1.807, 2.05) is 0 Å². The summed E-state index contributed by atoms with van der Waals surface area (Å²) in [5.41, 5.74) is 17.5. The average Bonchev–Trinajstić information content (AvgIpc) is 1.46. The highest BCUT2D eigenvalue weighted by Gasteiger charge is 2.43. The molecular weight excluding hydrogens is 1110 g/mol. The number of aromatic hydroxyl groups is 5. The monoisotopic (exact) mass is 1230 g/mol. The molecule has 0 radical (unpaired) electrons. The molecule has 0 amide bonds. The molecule has 0 saturated carbocycles. The Balaban J connectivity index is 1.46. The molecule has 7 aromatic carbocycles. The van der Waals surface area contributed by atoms with Gasteiger partial charge in [0.25, 0.3) is 0 Å². The summed E-state index contributed by atoms with van der Waals surface area (Å²) in [6, 6.07) is 34.3. The zero-order chi connectivity index (χ0) is 68.0. The van der Waals surface area contributed by atoms with E-state index in [9.17, 15) is 25.5 Å². The minimum atomic E-state index is -0.756. The third-order valence-electron chi connectivity index (χ3n) is 20.2. The summed E-state index contributed by atoms with van der Waals surface area (Å²) >= 11 is 0. The van der Waals surface area contributed by atoms with Gasteiger partial charge in [0.2, 0.25) is 0 Å². The molecule has 1 aliphatic carbocycles. The molecule has 7 aromatic rings. The molecule has 2 aliphatic heterocycles. The molecule has 0 spiro atoms. The maximum absolute atomic E-state index is 13.3. The molecule has 10 rings (SSSR count). The molecule has 2 heterocycles. The number of fused-ring (bicyclic) bond motifs is 5. The van der Waals surface area contributed by atoms with Crippen LogP contribution in [-0.2, 0) is 79.8 Å². The number of nitrogens with one attached hydrogen (secondary N) is 1. The maximum atomic E-state index is 13.3. The Labute approximate surface area is 549 Å². The van der Waals surface area contributed by atoms with Gasteiger partial charge in [-0.2, -0.15) is 0 Å². The molecule has 10 bridgehead atoms. The van der Waals surface area contributed by atoms with Crippen molar-refractivity contribution in [2.24, 2.45) is 0 Å². The molecule has 91 heavy (non-hydrogen) atoms. The number of benzene rings is 7. The molecule has 6 N–H and O–H groups in total. The maximum Gasteiger partial charge on any atom is 0.123 e. The van der Waals surface area contributed by atoms with Gasteiger partial charge in [-0.15, -0.1) is 0 Å². The summed E-state index contributed by atoms with van der Waals surface area (Å²) in [5.74, 6) is 1.33. The van der Waals surface area contributed by atoms with E-state index in [1.165, 1.54) is 0 Å². The molecule has 0 fully saturated rings. The van der Waals surface area contributed by atoms with Crippen molar-refractivity contribution in [2.45, 2.75) is 279 Å². The van der Waals surface area contributed by atoms with Crippen molar-refractivity contribution in [3.05, 3.63) is 202 Å². The van der Waals surface area contributed by atoms with Crippen LogP contribution in [0, 0.1) is 0 Å². The van der Waals surface area contributed by atoms with Crippen LogP contribution >= 0.6 is 0 Å². The van der Waals surface area contributed by atoms with Crippen molar-refractivity contribution in [2.75, 3.05) is 5.32 Å². The van der Waals surface area contributed by atoms with Gasteiger partial charge in [0.05, 0.1) is 0 Å². The third-order valence-corrected chi connectivity index (χ3v) is 20.2. The summed E-state index contributed by atoms with van der Waals surface area (Å²) in [7, 11) is 0. The Hall–Kier alpha value is -6.66. The highest BCUT2D eigenvalue weighted by atomic mass is 16.3. The van der Waals surface area contributed by atoms with Gasteiger partial charge < -0.3 is 30.8 Å². The smallest absolute Gasteiger partial charge is 0.123 e. The van der Waals surface area contributed by atoms with E-state index in [-0.39, 0.29) is 27.6 Å². The van der Waals surface area contributed by atoms with Crippen LogP contribution in [0.25, 0.3) is 0 Å². The van der Waals surface area contributed by atoms with Gasteiger partial charge in [0.15, 0.2) is 0 Å². The topological polar surface area (TPSA) is 113 Å². The molecule has 488 valence electrons. The molecular formula is C85H113NO5. The molecule has 0 saturated heterocycles. The Morgan fingerprint density at radius 1 is 0.363 bits per heavy atom. The minimum absolute atomic E-state index is 0.303. The van der Waals surface area contributed by atoms with Crippen molar-refractivity contribution in [3.8, 4) is 28.7 Å². The summed E-state index contributed by atoms with van der Waals surface area (Å²) in [4.78, 5) is 0. The highest BCUT2D eigenvalue weighted by molar-refractivity contribution is 5.74. The van der Waals surface area contributed by atoms with Gasteiger partial charge in [0.1, 0.15) is 28.7 Å². The predicted octanol–water partition coefficient (Wildman–Crippen LogP) is 21.8. The van der Waals surface area contributed by atoms with E-state index in [4.69, 9.17) is 0 Å². The second kappa shape index (κ2) is 22.5. The number of phenolic OH excluding ortho intramolecular Hbond substituents is 5. The second-order valence-electron chi connectivity index (χ2n) is 37.0. The summed E-state index contributed by atoms with van der Waals surface area (Å²) in [6.45, 7) is 59.5. The largest absolute Gasteiger partial charge is 0.507 e. The summed E-state index contributed by atoms with van der Waals surface area (Å²) < 4.78 is 0. The third kappa shape index (κ3) is 13.5. The Bertz CT molecular complexity index is 3930. The van der Waals surface area contributed by atoms with Crippen LogP contribution in [0.3, 0.4) is 0 Å². The zero-order valence-corrected chi connectivity index (χ0v) is 61.0. The van der Waals surface area contributed by atoms with Crippen LogP contribution in [-0.4, -0.2) is 25.5 Å². The quantitative estimate of drug-likeness (QED) is 0.105. The van der Waals surface area contributed by atoms with Gasteiger partial charge in [-0.05, 0) is 181 Å². The first-order valence-corrected chi connectivity index (χ1v) is 33.7.